The van der Waals surface area contributed by atoms with Gasteiger partial charge in [-0.2, -0.15) is 0 Å². The Morgan fingerprint density at radius 2 is 1.78 bits per heavy atom. The molecule has 0 unspecified atom stereocenters. The SMILES string of the molecule is CC(C)c1cccc(C(=O)NCCN(C)Cc2cn(-c3ccccc3)c3ccc(C(=O)O)cc23)c1O. The second-order valence-corrected chi connectivity index (χ2v) is 9.29. The number of carboxylic acids is 1. The third-order valence-corrected chi connectivity index (χ3v) is 6.32. The number of hydrogen-bond donors (Lipinski definition) is 3. The number of amides is 1. The Hall–Kier alpha value is -4.10. The van der Waals surface area contributed by atoms with Crippen molar-refractivity contribution in [1.82, 2.24) is 14.8 Å². The minimum atomic E-state index is -0.962. The van der Waals surface area contributed by atoms with Crippen LogP contribution >= 0.6 is 0 Å². The zero-order valence-corrected chi connectivity index (χ0v) is 20.7. The van der Waals surface area contributed by atoms with Crippen LogP contribution in [0.1, 0.15) is 51.6 Å². The molecule has 3 aromatic carbocycles. The fourth-order valence-corrected chi connectivity index (χ4v) is 4.40. The summed E-state index contributed by atoms with van der Waals surface area (Å²) < 4.78 is 2.07. The lowest BCUT2D eigenvalue weighted by atomic mass is 9.99. The summed E-state index contributed by atoms with van der Waals surface area (Å²) in [5.41, 5.74) is 4.19. The minimum Gasteiger partial charge on any atom is -0.507 e. The summed E-state index contributed by atoms with van der Waals surface area (Å²) in [4.78, 5) is 26.3. The summed E-state index contributed by atoms with van der Waals surface area (Å²) in [7, 11) is 1.95. The first-order chi connectivity index (χ1) is 17.3. The van der Waals surface area contributed by atoms with E-state index in [0.29, 0.717) is 19.6 Å². The van der Waals surface area contributed by atoms with Crippen LogP contribution in [0, 0.1) is 0 Å². The molecule has 0 radical (unpaired) electrons. The summed E-state index contributed by atoms with van der Waals surface area (Å²) in [6.45, 7) is 5.49. The number of carbonyl (C=O) groups is 2. The van der Waals surface area contributed by atoms with E-state index in [9.17, 15) is 19.8 Å². The van der Waals surface area contributed by atoms with E-state index in [1.807, 2.05) is 69.6 Å². The molecule has 1 aromatic heterocycles. The van der Waals surface area contributed by atoms with Gasteiger partial charge in [0.2, 0.25) is 0 Å². The van der Waals surface area contributed by atoms with E-state index in [1.54, 1.807) is 24.3 Å². The summed E-state index contributed by atoms with van der Waals surface area (Å²) >= 11 is 0. The Morgan fingerprint density at radius 3 is 2.47 bits per heavy atom. The Labute approximate surface area is 210 Å². The lowest BCUT2D eigenvalue weighted by Crippen LogP contribution is -2.32. The van der Waals surface area contributed by atoms with Crippen molar-refractivity contribution in [3.05, 3.63) is 95.2 Å². The van der Waals surface area contributed by atoms with Crippen molar-refractivity contribution >= 4 is 22.8 Å². The maximum Gasteiger partial charge on any atom is 0.335 e. The van der Waals surface area contributed by atoms with E-state index in [2.05, 4.69) is 14.8 Å². The molecule has 186 valence electrons. The van der Waals surface area contributed by atoms with Crippen LogP contribution in [0.15, 0.2) is 72.9 Å². The molecule has 0 saturated carbocycles. The van der Waals surface area contributed by atoms with Gasteiger partial charge in [0.1, 0.15) is 5.75 Å². The average molecular weight is 486 g/mol. The van der Waals surface area contributed by atoms with E-state index in [0.717, 1.165) is 27.7 Å². The van der Waals surface area contributed by atoms with Crippen LogP contribution in [0.3, 0.4) is 0 Å². The molecule has 1 amide bonds. The number of nitrogens with one attached hydrogen (secondary N) is 1. The minimum absolute atomic E-state index is 0.0290. The standard InChI is InChI=1S/C29H31N3O4/c1-19(2)23-10-7-11-24(27(23)33)28(34)30-14-15-31(3)17-21-18-32(22-8-5-4-6-9-22)26-13-12-20(29(35)36)16-25(21)26/h4-13,16,18-19,33H,14-15,17H2,1-3H3,(H,30,34)(H,35,36). The number of likely N-dealkylation sites (N-methyl/N-ethyl adjacent to an activating group) is 1. The predicted octanol–water partition coefficient (Wildman–Crippen LogP) is 5.02. The molecule has 36 heavy (non-hydrogen) atoms. The van der Waals surface area contributed by atoms with Gasteiger partial charge in [-0.05, 0) is 60.5 Å². The second-order valence-electron chi connectivity index (χ2n) is 9.29. The molecule has 4 rings (SSSR count). The molecule has 7 heteroatoms. The first-order valence-corrected chi connectivity index (χ1v) is 12.0. The fourth-order valence-electron chi connectivity index (χ4n) is 4.40. The summed E-state index contributed by atoms with van der Waals surface area (Å²) in [6.07, 6.45) is 2.04. The van der Waals surface area contributed by atoms with Crippen LogP contribution in [0.4, 0.5) is 0 Å². The Kier molecular flexibility index (Phi) is 7.41. The number of nitrogens with zero attached hydrogens (tertiary/aromatic N) is 2. The summed E-state index contributed by atoms with van der Waals surface area (Å²) in [5, 5.41) is 23.7. The van der Waals surface area contributed by atoms with Gasteiger partial charge in [-0.15, -0.1) is 0 Å². The number of aromatic hydroxyl groups is 1. The van der Waals surface area contributed by atoms with Crippen LogP contribution in [-0.2, 0) is 6.54 Å². The number of hydrogen-bond acceptors (Lipinski definition) is 4. The average Bonchev–Trinajstić information content (AvgIpc) is 3.21. The number of phenolic OH excluding ortho intramolecular Hbond substituents is 1. The smallest absolute Gasteiger partial charge is 0.335 e. The van der Waals surface area contributed by atoms with Crippen molar-refractivity contribution in [2.75, 3.05) is 20.1 Å². The van der Waals surface area contributed by atoms with Crippen molar-refractivity contribution in [3.63, 3.8) is 0 Å². The first kappa shape index (κ1) is 25.0. The Morgan fingerprint density at radius 1 is 1.03 bits per heavy atom. The Bertz CT molecular complexity index is 1390. The van der Waals surface area contributed by atoms with Gasteiger partial charge in [-0.25, -0.2) is 4.79 Å². The van der Waals surface area contributed by atoms with Crippen molar-refractivity contribution in [2.45, 2.75) is 26.3 Å². The third kappa shape index (κ3) is 5.26. The maximum absolute atomic E-state index is 12.7. The molecule has 4 aromatic rings. The molecule has 0 spiro atoms. The molecule has 0 atom stereocenters. The van der Waals surface area contributed by atoms with Crippen molar-refractivity contribution in [2.24, 2.45) is 0 Å². The number of rotatable bonds is 9. The number of fused-ring (bicyclic) bond motifs is 1. The van der Waals surface area contributed by atoms with Gasteiger partial charge in [0.15, 0.2) is 0 Å². The molecule has 0 aliphatic rings. The molecule has 0 aliphatic carbocycles. The van der Waals surface area contributed by atoms with Crippen LogP contribution in [0.2, 0.25) is 0 Å². The normalized spacial score (nSPS) is 11.4. The largest absolute Gasteiger partial charge is 0.507 e. The summed E-state index contributed by atoms with van der Waals surface area (Å²) in [5.74, 6) is -1.13. The molecule has 7 nitrogen and oxygen atoms in total. The van der Waals surface area contributed by atoms with E-state index < -0.39 is 5.97 Å². The van der Waals surface area contributed by atoms with Gasteiger partial charge in [0.25, 0.3) is 5.91 Å². The fraction of sp³-hybridized carbons (Fsp3) is 0.241. The number of benzene rings is 3. The maximum atomic E-state index is 12.7. The predicted molar refractivity (Wildman–Crippen MR) is 141 cm³/mol. The van der Waals surface area contributed by atoms with Gasteiger partial charge in [0, 0.05) is 36.9 Å². The van der Waals surface area contributed by atoms with Crippen LogP contribution in [0.5, 0.6) is 5.75 Å². The number of carboxylic acid groups (broad SMARTS) is 1. The molecule has 1 heterocycles. The van der Waals surface area contributed by atoms with Crippen molar-refractivity contribution in [3.8, 4) is 11.4 Å². The van der Waals surface area contributed by atoms with Crippen molar-refractivity contribution in [1.29, 1.82) is 0 Å². The van der Waals surface area contributed by atoms with Gasteiger partial charge in [-0.1, -0.05) is 44.2 Å². The highest BCUT2D eigenvalue weighted by molar-refractivity contribution is 5.97. The van der Waals surface area contributed by atoms with E-state index >= 15 is 0 Å². The van der Waals surface area contributed by atoms with Gasteiger partial charge in [-0.3, -0.25) is 4.79 Å². The molecule has 0 saturated heterocycles. The number of carbonyl (C=O) groups excluding carboxylic acids is 1. The highest BCUT2D eigenvalue weighted by atomic mass is 16.4. The first-order valence-electron chi connectivity index (χ1n) is 12.0. The third-order valence-electron chi connectivity index (χ3n) is 6.32. The zero-order valence-electron chi connectivity index (χ0n) is 20.7. The van der Waals surface area contributed by atoms with Gasteiger partial charge in [0.05, 0.1) is 16.6 Å². The van der Waals surface area contributed by atoms with Crippen LogP contribution in [-0.4, -0.2) is 51.7 Å². The lowest BCUT2D eigenvalue weighted by Gasteiger charge is -2.17. The monoisotopic (exact) mass is 485 g/mol. The molecule has 0 bridgehead atoms. The number of aromatic nitrogens is 1. The van der Waals surface area contributed by atoms with E-state index in [1.165, 1.54) is 0 Å². The van der Waals surface area contributed by atoms with Crippen LogP contribution in [0.25, 0.3) is 16.6 Å². The van der Waals surface area contributed by atoms with Crippen molar-refractivity contribution < 1.29 is 19.8 Å². The number of phenols is 1. The second kappa shape index (κ2) is 10.7. The highest BCUT2D eigenvalue weighted by Gasteiger charge is 2.17. The molecule has 3 N–H and O–H groups in total. The molecular formula is C29H31N3O4. The lowest BCUT2D eigenvalue weighted by molar-refractivity contribution is 0.0696. The molecule has 0 aliphatic heterocycles. The molecular weight excluding hydrogens is 454 g/mol. The topological polar surface area (TPSA) is 94.8 Å². The summed E-state index contributed by atoms with van der Waals surface area (Å²) in [6, 6.07) is 20.3. The zero-order chi connectivity index (χ0) is 25.8. The highest BCUT2D eigenvalue weighted by Crippen LogP contribution is 2.29. The molecule has 0 fully saturated rings. The number of aromatic carboxylic acids is 1. The van der Waals surface area contributed by atoms with E-state index in [-0.39, 0.29) is 28.7 Å². The van der Waals surface area contributed by atoms with Gasteiger partial charge >= 0.3 is 5.97 Å². The van der Waals surface area contributed by atoms with Gasteiger partial charge < -0.3 is 25.0 Å². The number of para-hydroxylation sites is 2. The Balaban J connectivity index is 1.49. The van der Waals surface area contributed by atoms with Crippen LogP contribution < -0.4 is 5.32 Å². The quantitative estimate of drug-likeness (QED) is 0.309. The van der Waals surface area contributed by atoms with E-state index in [4.69, 9.17) is 0 Å².